The van der Waals surface area contributed by atoms with Gasteiger partial charge in [0.05, 0.1) is 44.2 Å². The lowest BCUT2D eigenvalue weighted by Gasteiger charge is -2.43. The number of aliphatic hydroxyl groups excluding tert-OH is 2. The number of esters is 1. The summed E-state index contributed by atoms with van der Waals surface area (Å²) in [4.78, 5) is 84.4. The molecular weight excluding hydrogens is 957 g/mol. The van der Waals surface area contributed by atoms with Gasteiger partial charge in [-0.25, -0.2) is 9.59 Å². The zero-order valence-corrected chi connectivity index (χ0v) is 45.7. The van der Waals surface area contributed by atoms with Crippen molar-refractivity contribution >= 4 is 35.3 Å². The van der Waals surface area contributed by atoms with Gasteiger partial charge in [0.1, 0.15) is 36.7 Å². The van der Waals surface area contributed by atoms with Gasteiger partial charge < -0.3 is 58.7 Å². The fraction of sp³-hybridized carbons (Fsp3) is 0.750. The largest absolute Gasteiger partial charge is 0.460 e. The summed E-state index contributed by atoms with van der Waals surface area (Å²) >= 11 is 0. The molecule has 4 N–H and O–H groups in total. The molecule has 1 saturated carbocycles. The summed E-state index contributed by atoms with van der Waals surface area (Å²) in [6.45, 7) is 12.6. The van der Waals surface area contributed by atoms with Crippen molar-refractivity contribution in [1.29, 1.82) is 0 Å². The van der Waals surface area contributed by atoms with Crippen molar-refractivity contribution in [2.24, 2.45) is 35.5 Å². The van der Waals surface area contributed by atoms with E-state index in [9.17, 15) is 44.1 Å². The maximum absolute atomic E-state index is 14.6. The maximum atomic E-state index is 14.6. The zero-order valence-electron chi connectivity index (χ0n) is 45.7. The summed E-state index contributed by atoms with van der Waals surface area (Å²) in [5, 5.41) is 35.4. The lowest BCUT2D eigenvalue weighted by Crippen LogP contribution is -2.61. The van der Waals surface area contributed by atoms with Gasteiger partial charge in [0.2, 0.25) is 5.79 Å². The van der Waals surface area contributed by atoms with Crippen LogP contribution in [0, 0.1) is 35.5 Å². The highest BCUT2D eigenvalue weighted by molar-refractivity contribution is 6.39. The number of ether oxygens (including phenoxy) is 7. The van der Waals surface area contributed by atoms with E-state index in [0.29, 0.717) is 56.9 Å². The molecule has 4 aliphatic rings. The van der Waals surface area contributed by atoms with Crippen LogP contribution in [0.4, 0.5) is 4.79 Å². The monoisotopic (exact) mass is 1040 g/mol. The third kappa shape index (κ3) is 17.7. The Kier molecular flexibility index (Phi) is 25.8. The van der Waals surface area contributed by atoms with Gasteiger partial charge in [0, 0.05) is 58.4 Å². The summed E-state index contributed by atoms with van der Waals surface area (Å²) < 4.78 is 41.2. The second-order valence-electron chi connectivity index (χ2n) is 21.2. The zero-order chi connectivity index (χ0) is 54.7. The fourth-order valence-corrected chi connectivity index (χ4v) is 10.8. The van der Waals surface area contributed by atoms with Crippen LogP contribution < -0.4 is 5.32 Å². The molecule has 0 radical (unpaired) electrons. The molecule has 15 atom stereocenters. The van der Waals surface area contributed by atoms with Gasteiger partial charge >= 0.3 is 12.1 Å². The Morgan fingerprint density at radius 3 is 2.31 bits per heavy atom. The van der Waals surface area contributed by atoms with E-state index in [-0.39, 0.29) is 93.8 Å². The average Bonchev–Trinajstić information content (AvgIpc) is 3.38. The van der Waals surface area contributed by atoms with Gasteiger partial charge in [0.25, 0.3) is 11.7 Å². The number of methoxy groups -OCH3 is 2. The number of alkyl carbamates (subject to hydrolysis) is 1. The highest BCUT2D eigenvalue weighted by atomic mass is 16.6. The number of Topliss-reactive ketones (excluding diaryl/α,β-unsaturated/α-hetero) is 3. The number of nitrogens with zero attached hydrogens (tertiary/aromatic N) is 1. The van der Waals surface area contributed by atoms with E-state index in [0.717, 1.165) is 12.0 Å². The molecular formula is C56H88N2O16. The molecule has 3 unspecified atom stereocenters. The first kappa shape index (κ1) is 62.4. The third-order valence-corrected chi connectivity index (χ3v) is 15.4. The first-order valence-corrected chi connectivity index (χ1v) is 26.8. The summed E-state index contributed by atoms with van der Waals surface area (Å²) in [7, 11) is 4.43. The minimum absolute atomic E-state index is 0.0268. The molecule has 2 amide bonds. The Labute approximate surface area is 438 Å². The third-order valence-electron chi connectivity index (χ3n) is 15.4. The number of carbonyl (C=O) groups is 6. The quantitative estimate of drug-likeness (QED) is 0.0767. The number of nitrogens with one attached hydrogen (secondary N) is 1. The summed E-state index contributed by atoms with van der Waals surface area (Å²) in [5.41, 5.74) is 1.13. The molecule has 2 saturated heterocycles. The second-order valence-corrected chi connectivity index (χ2v) is 21.2. The molecule has 4 rings (SSSR count). The van der Waals surface area contributed by atoms with E-state index >= 15 is 0 Å². The van der Waals surface area contributed by atoms with Crippen molar-refractivity contribution in [3.05, 3.63) is 47.6 Å². The molecule has 0 spiro atoms. The molecule has 3 fully saturated rings. The molecule has 74 heavy (non-hydrogen) atoms. The van der Waals surface area contributed by atoms with Crippen LogP contribution in [-0.2, 0) is 57.1 Å². The van der Waals surface area contributed by atoms with Crippen molar-refractivity contribution in [3.63, 3.8) is 0 Å². The van der Waals surface area contributed by atoms with Gasteiger partial charge in [-0.05, 0) is 107 Å². The van der Waals surface area contributed by atoms with Gasteiger partial charge in [0.15, 0.2) is 5.78 Å². The first-order chi connectivity index (χ1) is 35.2. The SMILES string of the molecule is CNC(=O)OCCOC1C[C@@H]2CC[C@@H](C)[C@@](O)(O2)C(=O)C(=O)N2CCCC[C@H]2C(=O)OC([C@H](C)CC2CC[C@@H](OCCO)[C@H](OC)C2)CC(=O)[C@H](C)/C=C(\C)[C@@H](O)[C@@H](OC)C(=O)[C@H](C)C[C@H](C)/C=C/C=C/C=C/1C. The fourth-order valence-electron chi connectivity index (χ4n) is 10.8. The predicted octanol–water partition coefficient (Wildman–Crippen LogP) is 5.92. The predicted molar refractivity (Wildman–Crippen MR) is 275 cm³/mol. The van der Waals surface area contributed by atoms with E-state index in [1.54, 1.807) is 40.9 Å². The highest BCUT2D eigenvalue weighted by Crippen LogP contribution is 2.38. The Balaban J connectivity index is 1.71. The molecule has 3 aliphatic heterocycles. The first-order valence-electron chi connectivity index (χ1n) is 26.8. The van der Waals surface area contributed by atoms with Crippen LogP contribution in [0.2, 0.25) is 0 Å². The molecule has 0 aromatic rings. The number of hydrogen-bond acceptors (Lipinski definition) is 16. The van der Waals surface area contributed by atoms with E-state index in [1.165, 1.54) is 19.1 Å². The summed E-state index contributed by atoms with van der Waals surface area (Å²) in [6, 6.07) is -1.19. The van der Waals surface area contributed by atoms with Crippen LogP contribution in [0.25, 0.3) is 0 Å². The molecule has 418 valence electrons. The van der Waals surface area contributed by atoms with Crippen LogP contribution in [0.5, 0.6) is 0 Å². The number of aliphatic hydroxyl groups is 3. The number of fused-ring (bicyclic) bond motifs is 3. The van der Waals surface area contributed by atoms with E-state index in [1.807, 2.05) is 51.2 Å². The number of hydrogen-bond donors (Lipinski definition) is 4. The van der Waals surface area contributed by atoms with Gasteiger partial charge in [-0.3, -0.25) is 19.2 Å². The molecule has 1 aliphatic carbocycles. The van der Waals surface area contributed by atoms with Crippen molar-refractivity contribution in [2.75, 3.05) is 54.2 Å². The number of ketones is 3. The van der Waals surface area contributed by atoms with Crippen LogP contribution in [-0.4, -0.2) is 164 Å². The Hall–Kier alpha value is -4.14. The summed E-state index contributed by atoms with van der Waals surface area (Å²) in [6.07, 6.45) is 10.2. The minimum atomic E-state index is -2.52. The van der Waals surface area contributed by atoms with Crippen LogP contribution in [0.3, 0.4) is 0 Å². The topological polar surface area (TPSA) is 243 Å². The Morgan fingerprint density at radius 2 is 1.62 bits per heavy atom. The number of carbonyl (C=O) groups excluding carboxylic acids is 6. The van der Waals surface area contributed by atoms with Crippen LogP contribution in [0.15, 0.2) is 47.6 Å². The summed E-state index contributed by atoms with van der Waals surface area (Å²) in [5.74, 6) is -8.46. The second kappa shape index (κ2) is 30.6. The minimum Gasteiger partial charge on any atom is -0.460 e. The van der Waals surface area contributed by atoms with Gasteiger partial charge in [-0.2, -0.15) is 0 Å². The van der Waals surface area contributed by atoms with Gasteiger partial charge in [-0.15, -0.1) is 0 Å². The lowest BCUT2D eigenvalue weighted by molar-refractivity contribution is -0.266. The van der Waals surface area contributed by atoms with Crippen molar-refractivity contribution in [3.8, 4) is 0 Å². The van der Waals surface area contributed by atoms with Crippen LogP contribution >= 0.6 is 0 Å². The van der Waals surface area contributed by atoms with E-state index in [4.69, 9.17) is 33.2 Å². The van der Waals surface area contributed by atoms with Crippen molar-refractivity contribution in [2.45, 2.75) is 180 Å². The van der Waals surface area contributed by atoms with Crippen LogP contribution in [0.1, 0.15) is 126 Å². The maximum Gasteiger partial charge on any atom is 0.406 e. The number of piperidine rings is 1. The number of amides is 2. The molecule has 0 aromatic heterocycles. The lowest BCUT2D eigenvalue weighted by atomic mass is 9.78. The standard InChI is InChI=1S/C56H88N2O16/c1-34-16-12-11-13-17-35(2)46(71-26-27-72-55(66)57-8)32-42-21-19-40(7)56(67,74-42)52(63)53(64)58-23-15-14-18-43(58)54(65)73-47(37(4)30-41-20-22-45(70-25-24-59)48(31-41)68-9)33-44(60)36(3)29-39(6)50(62)51(69-10)49(61)38(5)28-34/h11-13,16-17,29,34,36-38,40-43,45-48,50-51,59,62,67H,14-15,18-28,30-33H2,1-10H3,(H,57,66)/b13-11+,16-12+,35-17+,39-29+/t34-,36-,37-,38-,40-,41?,42+,43+,45-,46?,47?,48-,50-,51+,56-/m1/s1. The normalized spacial score (nSPS) is 36.8. The average molecular weight is 1050 g/mol. The molecule has 0 aromatic carbocycles. The molecule has 18 heteroatoms. The Bertz CT molecular complexity index is 1990. The van der Waals surface area contributed by atoms with E-state index < -0.39 is 83.9 Å². The smallest absolute Gasteiger partial charge is 0.406 e. The number of cyclic esters (lactones) is 1. The highest BCUT2D eigenvalue weighted by Gasteiger charge is 2.53. The van der Waals surface area contributed by atoms with Crippen molar-refractivity contribution < 1.29 is 77.2 Å². The molecule has 3 heterocycles. The Morgan fingerprint density at radius 1 is 0.878 bits per heavy atom. The molecule has 2 bridgehead atoms. The van der Waals surface area contributed by atoms with E-state index in [2.05, 4.69) is 5.32 Å². The van der Waals surface area contributed by atoms with Crippen molar-refractivity contribution in [1.82, 2.24) is 10.2 Å². The molecule has 18 nitrogen and oxygen atoms in total. The van der Waals surface area contributed by atoms with Gasteiger partial charge in [-0.1, -0.05) is 71.1 Å². The number of allylic oxidation sites excluding steroid dienone is 6. The number of rotatable bonds is 12.